The van der Waals surface area contributed by atoms with Crippen molar-refractivity contribution in [1.29, 1.82) is 0 Å². The Kier molecular flexibility index (Phi) is 2.86. The van der Waals surface area contributed by atoms with Crippen molar-refractivity contribution in [2.45, 2.75) is 6.54 Å². The van der Waals surface area contributed by atoms with Gasteiger partial charge in [0.05, 0.1) is 0 Å². The lowest BCUT2D eigenvalue weighted by Crippen LogP contribution is -2.25. The Balaban J connectivity index is 2.01. The maximum absolute atomic E-state index is 11.6. The first kappa shape index (κ1) is 10.2. The number of hydrogen-bond donors (Lipinski definition) is 3. The van der Waals surface area contributed by atoms with Crippen LogP contribution in [0.25, 0.3) is 0 Å². The van der Waals surface area contributed by atoms with Crippen molar-refractivity contribution in [2.24, 2.45) is 0 Å². The number of rotatable bonds is 3. The standard InChI is InChI=1S/C11H11N3O2/c15-10-3-1-2-9(14-10)11(16)13-7-8-4-5-12-6-8/h1-6,12H,7H2,(H,13,16)(H,14,15). The van der Waals surface area contributed by atoms with E-state index < -0.39 is 0 Å². The number of amides is 1. The van der Waals surface area contributed by atoms with Gasteiger partial charge in [0.15, 0.2) is 0 Å². The van der Waals surface area contributed by atoms with Gasteiger partial charge in [-0.05, 0) is 17.7 Å². The number of aromatic nitrogens is 2. The van der Waals surface area contributed by atoms with Crippen LogP contribution in [0.15, 0.2) is 41.5 Å². The third-order valence-electron chi connectivity index (χ3n) is 2.13. The average molecular weight is 217 g/mol. The Bertz CT molecular complexity index is 528. The molecule has 2 aromatic heterocycles. The summed E-state index contributed by atoms with van der Waals surface area (Å²) >= 11 is 0. The van der Waals surface area contributed by atoms with Crippen LogP contribution < -0.4 is 10.9 Å². The molecule has 2 aromatic rings. The fourth-order valence-corrected chi connectivity index (χ4v) is 1.33. The number of nitrogens with one attached hydrogen (secondary N) is 3. The summed E-state index contributed by atoms with van der Waals surface area (Å²) in [5.74, 6) is -0.293. The summed E-state index contributed by atoms with van der Waals surface area (Å²) in [7, 11) is 0. The Morgan fingerprint density at radius 3 is 2.88 bits per heavy atom. The fourth-order valence-electron chi connectivity index (χ4n) is 1.33. The van der Waals surface area contributed by atoms with E-state index in [4.69, 9.17) is 0 Å². The molecule has 0 fully saturated rings. The van der Waals surface area contributed by atoms with E-state index in [2.05, 4.69) is 15.3 Å². The van der Waals surface area contributed by atoms with E-state index in [1.807, 2.05) is 6.07 Å². The van der Waals surface area contributed by atoms with Crippen LogP contribution in [0.1, 0.15) is 16.1 Å². The highest BCUT2D eigenvalue weighted by Gasteiger charge is 2.05. The van der Waals surface area contributed by atoms with Crippen molar-refractivity contribution >= 4 is 5.91 Å². The van der Waals surface area contributed by atoms with Crippen molar-refractivity contribution < 1.29 is 4.79 Å². The second-order valence-electron chi connectivity index (χ2n) is 3.33. The molecule has 0 aliphatic rings. The number of carbonyl (C=O) groups is 1. The van der Waals surface area contributed by atoms with Crippen LogP contribution in [0.4, 0.5) is 0 Å². The van der Waals surface area contributed by atoms with Gasteiger partial charge in [0.2, 0.25) is 5.56 Å². The van der Waals surface area contributed by atoms with Gasteiger partial charge in [0.1, 0.15) is 5.69 Å². The SMILES string of the molecule is O=C(NCc1cc[nH]c1)c1cccc(=O)[nH]1. The predicted molar refractivity (Wildman–Crippen MR) is 59.0 cm³/mol. The number of H-pyrrole nitrogens is 2. The van der Waals surface area contributed by atoms with E-state index in [9.17, 15) is 9.59 Å². The van der Waals surface area contributed by atoms with E-state index in [1.54, 1.807) is 24.5 Å². The summed E-state index contributed by atoms with van der Waals surface area (Å²) in [6.45, 7) is 0.430. The Morgan fingerprint density at radius 2 is 2.19 bits per heavy atom. The lowest BCUT2D eigenvalue weighted by molar-refractivity contribution is 0.0945. The topological polar surface area (TPSA) is 77.8 Å². The molecule has 0 aliphatic carbocycles. The van der Waals surface area contributed by atoms with Crippen LogP contribution in [0, 0.1) is 0 Å². The zero-order valence-corrected chi connectivity index (χ0v) is 8.49. The highest BCUT2D eigenvalue weighted by molar-refractivity contribution is 5.92. The molecule has 0 aliphatic heterocycles. The summed E-state index contributed by atoms with van der Waals surface area (Å²) in [6, 6.07) is 6.34. The monoisotopic (exact) mass is 217 g/mol. The van der Waals surface area contributed by atoms with Crippen molar-refractivity contribution in [1.82, 2.24) is 15.3 Å². The van der Waals surface area contributed by atoms with E-state index in [0.29, 0.717) is 6.54 Å². The van der Waals surface area contributed by atoms with Gasteiger partial charge in [0, 0.05) is 25.0 Å². The molecular formula is C11H11N3O2. The summed E-state index contributed by atoms with van der Waals surface area (Å²) in [4.78, 5) is 27.9. The highest BCUT2D eigenvalue weighted by Crippen LogP contribution is 1.96. The van der Waals surface area contributed by atoms with Crippen LogP contribution in [0.2, 0.25) is 0 Å². The Labute approximate surface area is 91.5 Å². The van der Waals surface area contributed by atoms with Crippen LogP contribution in [-0.4, -0.2) is 15.9 Å². The molecule has 0 spiro atoms. The van der Waals surface area contributed by atoms with Gasteiger partial charge in [-0.3, -0.25) is 9.59 Å². The molecule has 5 nitrogen and oxygen atoms in total. The minimum Gasteiger partial charge on any atom is -0.367 e. The lowest BCUT2D eigenvalue weighted by Gasteiger charge is -2.02. The molecule has 0 unspecified atom stereocenters. The zero-order valence-electron chi connectivity index (χ0n) is 8.49. The average Bonchev–Trinajstić information content (AvgIpc) is 2.78. The molecule has 0 aromatic carbocycles. The smallest absolute Gasteiger partial charge is 0.268 e. The van der Waals surface area contributed by atoms with E-state index in [-0.39, 0.29) is 17.2 Å². The van der Waals surface area contributed by atoms with Crippen molar-refractivity contribution in [3.05, 3.63) is 58.3 Å². The second-order valence-corrected chi connectivity index (χ2v) is 3.33. The first-order valence-electron chi connectivity index (χ1n) is 4.85. The largest absolute Gasteiger partial charge is 0.367 e. The van der Waals surface area contributed by atoms with Crippen LogP contribution in [0.5, 0.6) is 0 Å². The minimum absolute atomic E-state index is 0.267. The molecule has 5 heteroatoms. The van der Waals surface area contributed by atoms with Gasteiger partial charge >= 0.3 is 0 Å². The Morgan fingerprint density at radius 1 is 1.31 bits per heavy atom. The number of carbonyl (C=O) groups excluding carboxylic acids is 1. The molecule has 0 saturated carbocycles. The molecule has 1 amide bonds. The molecule has 16 heavy (non-hydrogen) atoms. The Hall–Kier alpha value is -2.30. The maximum atomic E-state index is 11.6. The number of hydrogen-bond acceptors (Lipinski definition) is 2. The molecular weight excluding hydrogens is 206 g/mol. The lowest BCUT2D eigenvalue weighted by atomic mass is 10.3. The molecule has 82 valence electrons. The quantitative estimate of drug-likeness (QED) is 0.705. The van der Waals surface area contributed by atoms with Crippen molar-refractivity contribution in [3.63, 3.8) is 0 Å². The molecule has 0 atom stereocenters. The van der Waals surface area contributed by atoms with Gasteiger partial charge in [-0.2, -0.15) is 0 Å². The molecule has 3 N–H and O–H groups in total. The summed E-state index contributed by atoms with van der Waals surface area (Å²) in [5, 5.41) is 2.70. The van der Waals surface area contributed by atoms with Gasteiger partial charge < -0.3 is 15.3 Å². The van der Waals surface area contributed by atoms with Gasteiger partial charge in [-0.15, -0.1) is 0 Å². The summed E-state index contributed by atoms with van der Waals surface area (Å²) in [6.07, 6.45) is 3.58. The molecule has 2 rings (SSSR count). The molecule has 0 radical (unpaired) electrons. The van der Waals surface area contributed by atoms with E-state index >= 15 is 0 Å². The van der Waals surface area contributed by atoms with Crippen LogP contribution in [-0.2, 0) is 6.54 Å². The minimum atomic E-state index is -0.293. The molecule has 0 bridgehead atoms. The molecule has 2 heterocycles. The number of aromatic amines is 2. The predicted octanol–water partition coefficient (Wildman–Crippen LogP) is 0.633. The van der Waals surface area contributed by atoms with Crippen molar-refractivity contribution in [3.8, 4) is 0 Å². The summed E-state index contributed by atoms with van der Waals surface area (Å²) < 4.78 is 0. The maximum Gasteiger partial charge on any atom is 0.268 e. The van der Waals surface area contributed by atoms with Crippen molar-refractivity contribution in [2.75, 3.05) is 0 Å². The third-order valence-corrected chi connectivity index (χ3v) is 2.13. The third kappa shape index (κ3) is 2.38. The summed E-state index contributed by atoms with van der Waals surface area (Å²) in [5.41, 5.74) is 0.962. The van der Waals surface area contributed by atoms with Crippen LogP contribution in [0.3, 0.4) is 0 Å². The second kappa shape index (κ2) is 4.48. The van der Waals surface area contributed by atoms with E-state index in [1.165, 1.54) is 6.07 Å². The first-order chi connectivity index (χ1) is 7.75. The number of pyridine rings is 1. The fraction of sp³-hybridized carbons (Fsp3) is 0.0909. The zero-order chi connectivity index (χ0) is 11.4. The highest BCUT2D eigenvalue weighted by atomic mass is 16.2. The van der Waals surface area contributed by atoms with Gasteiger partial charge in [-0.1, -0.05) is 6.07 Å². The first-order valence-corrected chi connectivity index (χ1v) is 4.85. The van der Waals surface area contributed by atoms with Crippen LogP contribution >= 0.6 is 0 Å². The molecule has 0 saturated heterocycles. The van der Waals surface area contributed by atoms with E-state index in [0.717, 1.165) is 5.56 Å². The van der Waals surface area contributed by atoms with Gasteiger partial charge in [0.25, 0.3) is 5.91 Å². The van der Waals surface area contributed by atoms with Gasteiger partial charge in [-0.25, -0.2) is 0 Å². The normalized spacial score (nSPS) is 10.0.